The van der Waals surface area contributed by atoms with Crippen LogP contribution in [-0.4, -0.2) is 14.5 Å². The third kappa shape index (κ3) is 1.94. The van der Waals surface area contributed by atoms with Crippen molar-refractivity contribution in [2.75, 3.05) is 5.73 Å². The van der Waals surface area contributed by atoms with Crippen molar-refractivity contribution in [1.29, 1.82) is 0 Å². The Labute approximate surface area is 111 Å². The van der Waals surface area contributed by atoms with Crippen molar-refractivity contribution >= 4 is 28.7 Å². The number of nitrogen functional groups attached to an aromatic ring is 1. The highest BCUT2D eigenvalue weighted by Gasteiger charge is 2.24. The van der Waals surface area contributed by atoms with Gasteiger partial charge < -0.3 is 5.73 Å². The van der Waals surface area contributed by atoms with Crippen LogP contribution in [0.15, 0.2) is 12.3 Å². The highest BCUT2D eigenvalue weighted by molar-refractivity contribution is 6.31. The fraction of sp³-hybridized carbons (Fsp3) is 0.538. The Bertz CT molecular complexity index is 578. The molecule has 1 saturated carbocycles. The average Bonchev–Trinajstić information content (AvgIpc) is 2.64. The summed E-state index contributed by atoms with van der Waals surface area (Å²) >= 11 is 5.94. The maximum absolute atomic E-state index is 6.05. The SMILES string of the molecule is CC1CCCC(n2c(N)nc3cc(Cl)cnc32)C1. The summed E-state index contributed by atoms with van der Waals surface area (Å²) in [6.45, 7) is 2.30. The van der Waals surface area contributed by atoms with Crippen LogP contribution in [0.4, 0.5) is 5.95 Å². The lowest BCUT2D eigenvalue weighted by molar-refractivity contribution is 0.288. The van der Waals surface area contributed by atoms with Gasteiger partial charge in [-0.3, -0.25) is 4.57 Å². The zero-order chi connectivity index (χ0) is 12.7. The van der Waals surface area contributed by atoms with Crippen molar-refractivity contribution in [1.82, 2.24) is 14.5 Å². The van der Waals surface area contributed by atoms with Crippen LogP contribution in [0, 0.1) is 5.92 Å². The van der Waals surface area contributed by atoms with Gasteiger partial charge in [-0.25, -0.2) is 9.97 Å². The van der Waals surface area contributed by atoms with E-state index in [1.165, 1.54) is 12.8 Å². The number of nitrogens with two attached hydrogens (primary N) is 1. The lowest BCUT2D eigenvalue weighted by Crippen LogP contribution is -2.19. The number of aromatic nitrogens is 3. The molecule has 0 aromatic carbocycles. The first-order valence-electron chi connectivity index (χ1n) is 6.44. The highest BCUT2D eigenvalue weighted by Crippen LogP contribution is 2.35. The predicted molar refractivity (Wildman–Crippen MR) is 73.6 cm³/mol. The number of pyridine rings is 1. The molecule has 1 aliphatic carbocycles. The summed E-state index contributed by atoms with van der Waals surface area (Å²) in [5, 5.41) is 0.601. The first kappa shape index (κ1) is 11.8. The molecule has 1 aliphatic rings. The largest absolute Gasteiger partial charge is 0.369 e. The topological polar surface area (TPSA) is 56.7 Å². The van der Waals surface area contributed by atoms with Crippen molar-refractivity contribution in [3.63, 3.8) is 0 Å². The van der Waals surface area contributed by atoms with Crippen LogP contribution in [0.1, 0.15) is 38.6 Å². The molecule has 0 spiro atoms. The second-order valence-corrected chi connectivity index (χ2v) is 5.70. The number of imidazole rings is 1. The molecule has 3 rings (SSSR count). The molecule has 2 atom stereocenters. The number of anilines is 1. The Kier molecular flexibility index (Phi) is 2.90. The van der Waals surface area contributed by atoms with Crippen LogP contribution in [0.2, 0.25) is 5.02 Å². The van der Waals surface area contributed by atoms with Gasteiger partial charge in [0.1, 0.15) is 5.52 Å². The van der Waals surface area contributed by atoms with E-state index in [0.29, 0.717) is 17.0 Å². The standard InChI is InChI=1S/C13H17ClN4/c1-8-3-2-4-10(5-8)18-12-11(17-13(18)15)6-9(14)7-16-12/h6-8,10H,2-5H2,1H3,(H2,15,17). The van der Waals surface area contributed by atoms with E-state index in [-0.39, 0.29) is 0 Å². The van der Waals surface area contributed by atoms with Crippen LogP contribution < -0.4 is 5.73 Å². The molecular formula is C13H17ClN4. The Morgan fingerprint density at radius 2 is 2.28 bits per heavy atom. The molecule has 0 bridgehead atoms. The summed E-state index contributed by atoms with van der Waals surface area (Å²) in [6.07, 6.45) is 6.53. The van der Waals surface area contributed by atoms with Crippen molar-refractivity contribution in [2.45, 2.75) is 38.6 Å². The Morgan fingerprint density at radius 3 is 3.06 bits per heavy atom. The minimum atomic E-state index is 0.424. The van der Waals surface area contributed by atoms with Gasteiger partial charge in [-0.2, -0.15) is 0 Å². The van der Waals surface area contributed by atoms with Gasteiger partial charge in [0, 0.05) is 12.2 Å². The normalized spacial score (nSPS) is 24.6. The van der Waals surface area contributed by atoms with E-state index in [1.807, 2.05) is 6.07 Å². The molecule has 0 saturated heterocycles. The van der Waals surface area contributed by atoms with Gasteiger partial charge in [0.05, 0.1) is 5.02 Å². The van der Waals surface area contributed by atoms with Gasteiger partial charge >= 0.3 is 0 Å². The Morgan fingerprint density at radius 1 is 1.44 bits per heavy atom. The number of hydrogen-bond donors (Lipinski definition) is 1. The molecule has 18 heavy (non-hydrogen) atoms. The lowest BCUT2D eigenvalue weighted by Gasteiger charge is -2.28. The van der Waals surface area contributed by atoms with E-state index in [4.69, 9.17) is 17.3 Å². The summed E-state index contributed by atoms with van der Waals surface area (Å²) < 4.78 is 2.08. The van der Waals surface area contributed by atoms with Crippen LogP contribution in [0.3, 0.4) is 0 Å². The third-order valence-corrected chi connectivity index (χ3v) is 4.00. The monoisotopic (exact) mass is 264 g/mol. The summed E-state index contributed by atoms with van der Waals surface area (Å²) in [5.41, 5.74) is 7.70. The zero-order valence-corrected chi connectivity index (χ0v) is 11.2. The molecule has 4 nitrogen and oxygen atoms in total. The van der Waals surface area contributed by atoms with E-state index in [1.54, 1.807) is 6.20 Å². The van der Waals surface area contributed by atoms with Gasteiger partial charge in [0.15, 0.2) is 5.65 Å². The first-order chi connectivity index (χ1) is 8.65. The van der Waals surface area contributed by atoms with Crippen LogP contribution in [-0.2, 0) is 0 Å². The predicted octanol–water partition coefficient (Wildman–Crippen LogP) is 3.42. The smallest absolute Gasteiger partial charge is 0.202 e. The van der Waals surface area contributed by atoms with Gasteiger partial charge in [-0.1, -0.05) is 31.4 Å². The number of rotatable bonds is 1. The number of hydrogen-bond acceptors (Lipinski definition) is 3. The van der Waals surface area contributed by atoms with Crippen LogP contribution >= 0.6 is 11.6 Å². The Hall–Kier alpha value is -1.29. The fourth-order valence-electron chi connectivity index (χ4n) is 2.97. The molecule has 0 aliphatic heterocycles. The molecule has 2 unspecified atom stereocenters. The minimum absolute atomic E-state index is 0.424. The molecule has 2 heterocycles. The first-order valence-corrected chi connectivity index (χ1v) is 6.82. The van der Waals surface area contributed by atoms with Gasteiger partial charge in [0.25, 0.3) is 0 Å². The summed E-state index contributed by atoms with van der Waals surface area (Å²) in [5.74, 6) is 1.30. The quantitative estimate of drug-likeness (QED) is 0.859. The molecule has 2 aromatic heterocycles. The summed E-state index contributed by atoms with van der Waals surface area (Å²) in [4.78, 5) is 8.76. The number of halogens is 1. The highest BCUT2D eigenvalue weighted by atomic mass is 35.5. The maximum atomic E-state index is 6.05. The third-order valence-electron chi connectivity index (χ3n) is 3.80. The molecule has 0 radical (unpaired) electrons. The fourth-order valence-corrected chi connectivity index (χ4v) is 3.12. The molecule has 0 amide bonds. The van der Waals surface area contributed by atoms with Crippen LogP contribution in [0.25, 0.3) is 11.2 Å². The van der Waals surface area contributed by atoms with Crippen molar-refractivity contribution in [2.24, 2.45) is 5.92 Å². The zero-order valence-electron chi connectivity index (χ0n) is 10.4. The van der Waals surface area contributed by atoms with E-state index < -0.39 is 0 Å². The van der Waals surface area contributed by atoms with E-state index in [2.05, 4.69) is 21.5 Å². The number of fused-ring (bicyclic) bond motifs is 1. The van der Waals surface area contributed by atoms with Gasteiger partial charge in [0.2, 0.25) is 5.95 Å². The van der Waals surface area contributed by atoms with Crippen LogP contribution in [0.5, 0.6) is 0 Å². The molecule has 2 aromatic rings. The van der Waals surface area contributed by atoms with Crippen molar-refractivity contribution < 1.29 is 0 Å². The summed E-state index contributed by atoms with van der Waals surface area (Å²) in [6, 6.07) is 2.25. The maximum Gasteiger partial charge on any atom is 0.202 e. The van der Waals surface area contributed by atoms with E-state index >= 15 is 0 Å². The molecule has 2 N–H and O–H groups in total. The summed E-state index contributed by atoms with van der Waals surface area (Å²) in [7, 11) is 0. The number of nitrogens with zero attached hydrogens (tertiary/aromatic N) is 3. The Balaban J connectivity index is 2.07. The lowest BCUT2D eigenvalue weighted by atomic mass is 9.87. The van der Waals surface area contributed by atoms with Crippen molar-refractivity contribution in [3.05, 3.63) is 17.3 Å². The molecule has 5 heteroatoms. The van der Waals surface area contributed by atoms with E-state index in [9.17, 15) is 0 Å². The average molecular weight is 265 g/mol. The van der Waals surface area contributed by atoms with Crippen molar-refractivity contribution in [3.8, 4) is 0 Å². The van der Waals surface area contributed by atoms with Gasteiger partial charge in [-0.05, 0) is 24.8 Å². The van der Waals surface area contributed by atoms with Gasteiger partial charge in [-0.15, -0.1) is 0 Å². The second-order valence-electron chi connectivity index (χ2n) is 5.26. The molecule has 96 valence electrons. The minimum Gasteiger partial charge on any atom is -0.369 e. The molecule has 1 fully saturated rings. The van der Waals surface area contributed by atoms with E-state index in [0.717, 1.165) is 29.9 Å². The second kappa shape index (κ2) is 4.43. The molecular weight excluding hydrogens is 248 g/mol.